The van der Waals surface area contributed by atoms with Gasteiger partial charge in [-0.05, 0) is 37.0 Å². The van der Waals surface area contributed by atoms with Crippen LogP contribution in [0.25, 0.3) is 0 Å². The van der Waals surface area contributed by atoms with Crippen LogP contribution in [0.1, 0.15) is 41.3 Å². The molecule has 138 valence electrons. The maximum atomic E-state index is 13.1. The molecule has 0 saturated carbocycles. The smallest absolute Gasteiger partial charge is 0.258 e. The van der Waals surface area contributed by atoms with Crippen LogP contribution in [-0.4, -0.2) is 42.7 Å². The zero-order chi connectivity index (χ0) is 18.5. The lowest BCUT2D eigenvalue weighted by Gasteiger charge is -2.27. The third kappa shape index (κ3) is 3.68. The number of para-hydroxylation sites is 1. The third-order valence-electron chi connectivity index (χ3n) is 4.95. The summed E-state index contributed by atoms with van der Waals surface area (Å²) in [5, 5.41) is 10.6. The van der Waals surface area contributed by atoms with Gasteiger partial charge in [0.15, 0.2) is 11.5 Å². The molecule has 1 amide bonds. The molecule has 26 heavy (non-hydrogen) atoms. The fourth-order valence-electron chi connectivity index (χ4n) is 3.63. The Morgan fingerprint density at radius 1 is 1.15 bits per heavy atom. The molecule has 0 radical (unpaired) electrons. The summed E-state index contributed by atoms with van der Waals surface area (Å²) in [5.74, 6) is 0.913. The molecule has 0 bridgehead atoms. The van der Waals surface area contributed by atoms with Crippen molar-refractivity contribution >= 4 is 5.91 Å². The Labute approximate surface area is 154 Å². The molecule has 1 fully saturated rings. The first-order valence-corrected chi connectivity index (χ1v) is 8.90. The number of nitrogens with zero attached hydrogens (tertiary/aromatic N) is 1. The first kappa shape index (κ1) is 18.3. The average Bonchev–Trinajstić information content (AvgIpc) is 3.15. The highest BCUT2D eigenvalue weighted by atomic mass is 16.5. The minimum atomic E-state index is -0.582. The van der Waals surface area contributed by atoms with Gasteiger partial charge < -0.3 is 19.5 Å². The van der Waals surface area contributed by atoms with Gasteiger partial charge in [-0.2, -0.15) is 0 Å². The van der Waals surface area contributed by atoms with Crippen LogP contribution in [0.4, 0.5) is 0 Å². The zero-order valence-corrected chi connectivity index (χ0v) is 15.2. The van der Waals surface area contributed by atoms with Gasteiger partial charge in [-0.1, -0.05) is 36.4 Å². The molecule has 1 N–H and O–H groups in total. The predicted molar refractivity (Wildman–Crippen MR) is 99.6 cm³/mol. The van der Waals surface area contributed by atoms with Crippen LogP contribution in [0, 0.1) is 0 Å². The van der Waals surface area contributed by atoms with E-state index in [2.05, 4.69) is 0 Å². The van der Waals surface area contributed by atoms with E-state index in [1.165, 1.54) is 7.11 Å². The molecule has 1 heterocycles. The van der Waals surface area contributed by atoms with Crippen molar-refractivity contribution in [1.82, 2.24) is 4.90 Å². The summed E-state index contributed by atoms with van der Waals surface area (Å²) in [6, 6.07) is 14.9. The van der Waals surface area contributed by atoms with Crippen molar-refractivity contribution in [2.24, 2.45) is 0 Å². The van der Waals surface area contributed by atoms with Crippen molar-refractivity contribution in [3.05, 3.63) is 59.7 Å². The normalized spacial score (nSPS) is 17.8. The van der Waals surface area contributed by atoms with Crippen molar-refractivity contribution in [1.29, 1.82) is 0 Å². The van der Waals surface area contributed by atoms with E-state index in [4.69, 9.17) is 9.47 Å². The Balaban J connectivity index is 1.79. The standard InChI is InChI=1S/C21H25NO4/c1-25-19-12-6-11-17(20(19)26-2)21(24)22-13-7-10-16(22)14-18(23)15-8-4-3-5-9-15/h3-6,8-9,11-12,16,18,23H,7,10,13-14H2,1-2H3/t16-,18+/m0/s1. The van der Waals surface area contributed by atoms with Crippen molar-refractivity contribution in [3.63, 3.8) is 0 Å². The summed E-state index contributed by atoms with van der Waals surface area (Å²) in [4.78, 5) is 15.0. The van der Waals surface area contributed by atoms with Crippen LogP contribution in [0.3, 0.4) is 0 Å². The maximum absolute atomic E-state index is 13.1. The van der Waals surface area contributed by atoms with Crippen LogP contribution in [0.15, 0.2) is 48.5 Å². The Kier molecular flexibility index (Phi) is 5.78. The second-order valence-electron chi connectivity index (χ2n) is 6.50. The van der Waals surface area contributed by atoms with Crippen LogP contribution in [-0.2, 0) is 0 Å². The van der Waals surface area contributed by atoms with Crippen LogP contribution in [0.2, 0.25) is 0 Å². The fourth-order valence-corrected chi connectivity index (χ4v) is 3.63. The predicted octanol–water partition coefficient (Wildman–Crippen LogP) is 3.43. The van der Waals surface area contributed by atoms with E-state index in [1.54, 1.807) is 25.3 Å². The second-order valence-corrected chi connectivity index (χ2v) is 6.50. The molecule has 0 aromatic heterocycles. The minimum Gasteiger partial charge on any atom is -0.493 e. The molecular formula is C21H25NO4. The SMILES string of the molecule is COc1cccc(C(=O)N2CCC[C@H]2C[C@@H](O)c2ccccc2)c1OC. The minimum absolute atomic E-state index is 0.00798. The molecule has 0 aliphatic carbocycles. The number of amides is 1. The van der Waals surface area contributed by atoms with E-state index >= 15 is 0 Å². The summed E-state index contributed by atoms with van der Waals surface area (Å²) >= 11 is 0. The first-order chi connectivity index (χ1) is 12.7. The lowest BCUT2D eigenvalue weighted by Crippen LogP contribution is -2.36. The number of benzene rings is 2. The third-order valence-corrected chi connectivity index (χ3v) is 4.95. The van der Waals surface area contributed by atoms with Crippen LogP contribution in [0.5, 0.6) is 11.5 Å². The maximum Gasteiger partial charge on any atom is 0.258 e. The molecule has 1 saturated heterocycles. The number of likely N-dealkylation sites (tertiary alicyclic amines) is 1. The summed E-state index contributed by atoms with van der Waals surface area (Å²) in [7, 11) is 3.09. The molecule has 2 atom stereocenters. The number of hydrogen-bond acceptors (Lipinski definition) is 4. The highest BCUT2D eigenvalue weighted by Crippen LogP contribution is 2.34. The molecule has 1 aliphatic heterocycles. The number of rotatable bonds is 6. The molecular weight excluding hydrogens is 330 g/mol. The number of aliphatic hydroxyl groups excluding tert-OH is 1. The molecule has 1 aliphatic rings. The number of aliphatic hydroxyl groups is 1. The van der Waals surface area contributed by atoms with Gasteiger partial charge >= 0.3 is 0 Å². The summed E-state index contributed by atoms with van der Waals surface area (Å²) in [6.45, 7) is 0.686. The Hall–Kier alpha value is -2.53. The van der Waals surface area contributed by atoms with Crippen molar-refractivity contribution in [2.75, 3.05) is 20.8 Å². The Morgan fingerprint density at radius 3 is 2.62 bits per heavy atom. The Morgan fingerprint density at radius 2 is 1.92 bits per heavy atom. The second kappa shape index (κ2) is 8.23. The Bertz CT molecular complexity index is 747. The van der Waals surface area contributed by atoms with Gasteiger partial charge in [-0.3, -0.25) is 4.79 Å². The van der Waals surface area contributed by atoms with Gasteiger partial charge in [-0.25, -0.2) is 0 Å². The fraction of sp³-hybridized carbons (Fsp3) is 0.381. The van der Waals surface area contributed by atoms with E-state index in [1.807, 2.05) is 35.2 Å². The van der Waals surface area contributed by atoms with Crippen LogP contribution < -0.4 is 9.47 Å². The molecule has 3 rings (SSSR count). The monoisotopic (exact) mass is 355 g/mol. The van der Waals surface area contributed by atoms with Gasteiger partial charge in [0.05, 0.1) is 25.9 Å². The number of ether oxygens (including phenoxy) is 2. The molecule has 2 aromatic carbocycles. The number of methoxy groups -OCH3 is 2. The van der Waals surface area contributed by atoms with Gasteiger partial charge in [0.25, 0.3) is 5.91 Å². The van der Waals surface area contributed by atoms with Crippen LogP contribution >= 0.6 is 0 Å². The van der Waals surface area contributed by atoms with Gasteiger partial charge in [-0.15, -0.1) is 0 Å². The quantitative estimate of drug-likeness (QED) is 0.862. The van der Waals surface area contributed by atoms with E-state index < -0.39 is 6.10 Å². The van der Waals surface area contributed by atoms with E-state index in [-0.39, 0.29) is 11.9 Å². The average molecular weight is 355 g/mol. The van der Waals surface area contributed by atoms with E-state index in [9.17, 15) is 9.90 Å². The lowest BCUT2D eigenvalue weighted by molar-refractivity contribution is 0.0663. The number of carbonyl (C=O) groups is 1. The summed E-state index contributed by atoms with van der Waals surface area (Å²) in [5.41, 5.74) is 1.37. The van der Waals surface area contributed by atoms with Gasteiger partial charge in [0, 0.05) is 12.6 Å². The highest BCUT2D eigenvalue weighted by molar-refractivity contribution is 5.98. The summed E-state index contributed by atoms with van der Waals surface area (Å²) in [6.07, 6.45) is 1.77. The number of hydrogen-bond donors (Lipinski definition) is 1. The highest BCUT2D eigenvalue weighted by Gasteiger charge is 2.33. The van der Waals surface area contributed by atoms with Crippen molar-refractivity contribution in [2.45, 2.75) is 31.4 Å². The molecule has 5 heteroatoms. The molecule has 2 aromatic rings. The largest absolute Gasteiger partial charge is 0.493 e. The topological polar surface area (TPSA) is 59.0 Å². The van der Waals surface area contributed by atoms with Gasteiger partial charge in [0.1, 0.15) is 0 Å². The van der Waals surface area contributed by atoms with Gasteiger partial charge in [0.2, 0.25) is 0 Å². The van der Waals surface area contributed by atoms with E-state index in [0.29, 0.717) is 30.0 Å². The molecule has 0 unspecified atom stereocenters. The van der Waals surface area contributed by atoms with Crippen molar-refractivity contribution in [3.8, 4) is 11.5 Å². The lowest BCUT2D eigenvalue weighted by atomic mass is 10.00. The van der Waals surface area contributed by atoms with E-state index in [0.717, 1.165) is 18.4 Å². The summed E-state index contributed by atoms with van der Waals surface area (Å²) < 4.78 is 10.7. The zero-order valence-electron chi connectivity index (χ0n) is 15.2. The first-order valence-electron chi connectivity index (χ1n) is 8.90. The molecule has 5 nitrogen and oxygen atoms in total. The molecule has 0 spiro atoms. The van der Waals surface area contributed by atoms with Crippen molar-refractivity contribution < 1.29 is 19.4 Å². The number of carbonyl (C=O) groups excluding carboxylic acids is 1.